The minimum absolute atomic E-state index is 0.848. The van der Waals surface area contributed by atoms with Gasteiger partial charge < -0.3 is 0 Å². The van der Waals surface area contributed by atoms with Gasteiger partial charge in [0.2, 0.25) is 0 Å². The van der Waals surface area contributed by atoms with Crippen LogP contribution < -0.4 is 10.0 Å². The Bertz CT molecular complexity index is 470. The van der Waals surface area contributed by atoms with Crippen LogP contribution in [0.15, 0.2) is 36.9 Å². The normalized spacial score (nSPS) is 13.5. The molecule has 0 heterocycles. The second-order valence-electron chi connectivity index (χ2n) is 5.42. The molecule has 22 heavy (non-hydrogen) atoms. The number of allylic oxidation sites excluding steroid dienone is 1. The van der Waals surface area contributed by atoms with E-state index in [1.54, 1.807) is 7.11 Å². The zero-order valence-electron chi connectivity index (χ0n) is 13.9. The van der Waals surface area contributed by atoms with Crippen LogP contribution in [0, 0.1) is 0 Å². The minimum atomic E-state index is -1.66. The van der Waals surface area contributed by atoms with Crippen molar-refractivity contribution >= 4 is 26.1 Å². The van der Waals surface area contributed by atoms with Crippen LogP contribution in [0.2, 0.25) is 0 Å². The molecule has 124 valence electrons. The Kier molecular flexibility index (Phi) is 10.1. The summed E-state index contributed by atoms with van der Waals surface area (Å²) >= 11 is 3.41. The molecule has 0 fully saturated rings. The number of benzene rings is 1. The molecule has 0 spiro atoms. The maximum atomic E-state index is 6.36. The van der Waals surface area contributed by atoms with E-state index in [4.69, 9.17) is 9.26 Å². The van der Waals surface area contributed by atoms with Gasteiger partial charge in [0, 0.05) is 0 Å². The molecule has 1 atom stereocenters. The Labute approximate surface area is 143 Å². The van der Waals surface area contributed by atoms with Crippen LogP contribution in [0.25, 0.3) is 0 Å². The number of hydrogen-bond acceptors (Lipinski definition) is 2. The Morgan fingerprint density at radius 3 is 2.45 bits per heavy atom. The van der Waals surface area contributed by atoms with Gasteiger partial charge in [-0.25, -0.2) is 0 Å². The van der Waals surface area contributed by atoms with Gasteiger partial charge in [-0.3, -0.25) is 0 Å². The number of rotatable bonds is 12. The van der Waals surface area contributed by atoms with Crippen molar-refractivity contribution in [2.45, 2.75) is 45.4 Å². The summed E-state index contributed by atoms with van der Waals surface area (Å²) in [5, 5.41) is 1.29. The summed E-state index contributed by atoms with van der Waals surface area (Å²) in [7, 11) is 1.70. The van der Waals surface area contributed by atoms with E-state index >= 15 is 0 Å². The van der Waals surface area contributed by atoms with Crippen LogP contribution in [-0.2, 0) is 4.52 Å². The predicted octanol–water partition coefficient (Wildman–Crippen LogP) is 4.90. The fourth-order valence-electron chi connectivity index (χ4n) is 2.26. The summed E-state index contributed by atoms with van der Waals surface area (Å²) in [6, 6.07) is 8.33. The van der Waals surface area contributed by atoms with E-state index in [1.807, 2.05) is 18.2 Å². The monoisotopic (exact) mass is 388 g/mol. The van der Waals surface area contributed by atoms with Gasteiger partial charge in [0.05, 0.1) is 0 Å². The Morgan fingerprint density at radius 1 is 1.14 bits per heavy atom. The third-order valence-corrected chi connectivity index (χ3v) is 9.35. The first-order chi connectivity index (χ1) is 10.7. The fraction of sp³-hybridized carbons (Fsp3) is 0.556. The van der Waals surface area contributed by atoms with Gasteiger partial charge in [-0.05, 0) is 0 Å². The molecule has 0 aromatic heterocycles. The molecule has 0 saturated heterocycles. The molecule has 0 amide bonds. The predicted molar refractivity (Wildman–Crippen MR) is 99.7 cm³/mol. The van der Waals surface area contributed by atoms with Gasteiger partial charge in [0.25, 0.3) is 0 Å². The molecule has 0 aliphatic heterocycles. The van der Waals surface area contributed by atoms with E-state index in [0.29, 0.717) is 0 Å². The van der Waals surface area contributed by atoms with Crippen LogP contribution in [0.1, 0.15) is 45.4 Å². The first-order valence-electron chi connectivity index (χ1n) is 8.15. The molecule has 0 aliphatic rings. The van der Waals surface area contributed by atoms with Crippen molar-refractivity contribution in [3.63, 3.8) is 0 Å². The van der Waals surface area contributed by atoms with E-state index in [2.05, 4.69) is 40.7 Å². The summed E-state index contributed by atoms with van der Waals surface area (Å²) in [5.41, 5.74) is -1.66. The van der Waals surface area contributed by atoms with Crippen LogP contribution in [0.3, 0.4) is 0 Å². The molecule has 0 saturated carbocycles. The molecular formula is C18H29O2PSe. The quantitative estimate of drug-likeness (QED) is 0.220. The number of unbranched alkanes of at least 4 members (excludes halogenated alkanes) is 4. The van der Waals surface area contributed by atoms with Gasteiger partial charge in [-0.1, -0.05) is 0 Å². The van der Waals surface area contributed by atoms with Gasteiger partial charge in [-0.2, -0.15) is 0 Å². The van der Waals surface area contributed by atoms with Crippen molar-refractivity contribution in [3.8, 4) is 5.75 Å². The molecular weight excluding hydrogens is 358 g/mol. The molecule has 1 rings (SSSR count). The van der Waals surface area contributed by atoms with E-state index in [-0.39, 0.29) is 0 Å². The summed E-state index contributed by atoms with van der Waals surface area (Å²) in [6.07, 6.45) is 10.2. The van der Waals surface area contributed by atoms with Crippen LogP contribution in [-0.4, -0.2) is 35.0 Å². The van der Waals surface area contributed by atoms with Gasteiger partial charge in [-0.15, -0.1) is 0 Å². The molecule has 4 heteroatoms. The first-order valence-corrected chi connectivity index (χ1v) is 12.3. The average Bonchev–Trinajstić information content (AvgIpc) is 2.55. The second kappa shape index (κ2) is 11.2. The zero-order valence-corrected chi connectivity index (χ0v) is 16.5. The molecule has 0 aliphatic carbocycles. The topological polar surface area (TPSA) is 18.5 Å². The van der Waals surface area contributed by atoms with E-state index < -0.39 is 5.74 Å². The van der Waals surface area contributed by atoms with Crippen molar-refractivity contribution in [2.75, 3.05) is 19.9 Å². The molecule has 1 aromatic carbocycles. The van der Waals surface area contributed by atoms with Crippen molar-refractivity contribution in [3.05, 3.63) is 36.9 Å². The standard InChI is InChI=1S/C18H29O2PSe/c1-4-6-8-9-15-20-21(22,16-10-7-5-2)18-13-11-17(19-3)12-14-18/h5,11-14H,2,4,6-10,15-16H2,1,3H3. The first kappa shape index (κ1) is 19.7. The molecule has 1 aromatic rings. The van der Waals surface area contributed by atoms with E-state index in [0.717, 1.165) is 37.8 Å². The zero-order chi connectivity index (χ0) is 16.3. The Balaban J connectivity index is 2.71. The Hall–Kier alpha value is -0.331. The summed E-state index contributed by atoms with van der Waals surface area (Å²) in [6.45, 7) is 6.90. The van der Waals surface area contributed by atoms with Gasteiger partial charge in [0.15, 0.2) is 0 Å². The van der Waals surface area contributed by atoms with Crippen LogP contribution in [0.5, 0.6) is 5.75 Å². The number of ether oxygens (including phenoxy) is 1. The SMILES string of the molecule is C=CCCCP(=[Se])(OCCCCCC)c1ccc(OC)cc1. The summed E-state index contributed by atoms with van der Waals surface area (Å²) < 4.78 is 11.6. The van der Waals surface area contributed by atoms with E-state index in [1.165, 1.54) is 24.6 Å². The average molecular weight is 387 g/mol. The molecule has 0 radical (unpaired) electrons. The third-order valence-electron chi connectivity index (χ3n) is 3.62. The molecule has 0 bridgehead atoms. The number of methoxy groups -OCH3 is 1. The molecule has 1 unspecified atom stereocenters. The van der Waals surface area contributed by atoms with E-state index in [9.17, 15) is 0 Å². The Morgan fingerprint density at radius 2 is 1.86 bits per heavy atom. The third kappa shape index (κ3) is 6.84. The van der Waals surface area contributed by atoms with Crippen molar-refractivity contribution < 1.29 is 9.26 Å². The van der Waals surface area contributed by atoms with Crippen LogP contribution >= 0.6 is 5.74 Å². The van der Waals surface area contributed by atoms with Crippen molar-refractivity contribution in [1.82, 2.24) is 0 Å². The molecule has 2 nitrogen and oxygen atoms in total. The van der Waals surface area contributed by atoms with Crippen molar-refractivity contribution in [1.29, 1.82) is 0 Å². The number of hydrogen-bond donors (Lipinski definition) is 0. The van der Waals surface area contributed by atoms with Gasteiger partial charge in [0.1, 0.15) is 0 Å². The van der Waals surface area contributed by atoms with Crippen molar-refractivity contribution in [2.24, 2.45) is 0 Å². The second-order valence-corrected chi connectivity index (χ2v) is 11.7. The summed E-state index contributed by atoms with van der Waals surface area (Å²) in [5.74, 6) is 0.893. The van der Waals surface area contributed by atoms with Gasteiger partial charge >= 0.3 is 143 Å². The maximum absolute atomic E-state index is 6.36. The van der Waals surface area contributed by atoms with Crippen LogP contribution in [0.4, 0.5) is 0 Å². The molecule has 0 N–H and O–H groups in total. The fourth-order valence-corrected chi connectivity index (χ4v) is 6.47. The summed E-state index contributed by atoms with van der Waals surface area (Å²) in [4.78, 5) is 0.